The summed E-state index contributed by atoms with van der Waals surface area (Å²) >= 11 is 1.92. The fraction of sp³-hybridized carbons (Fsp3) is 0.364. The maximum Gasteiger partial charge on any atom is 0.282 e. The number of rotatable bonds is 6. The number of nitrogens with one attached hydrogen (secondary N) is 2. The van der Waals surface area contributed by atoms with Crippen LogP contribution in [0.1, 0.15) is 13.3 Å². The molecular formula is C11H14IN3O3. The monoisotopic (exact) mass is 363 g/mol. The van der Waals surface area contributed by atoms with Crippen molar-refractivity contribution in [3.05, 3.63) is 31.9 Å². The van der Waals surface area contributed by atoms with E-state index in [1.807, 2.05) is 29.5 Å². The first-order valence-electron chi connectivity index (χ1n) is 5.49. The van der Waals surface area contributed by atoms with Crippen molar-refractivity contribution in [3.8, 4) is 0 Å². The molecule has 0 aliphatic heterocycles. The normalized spacial score (nSPS) is 9.89. The van der Waals surface area contributed by atoms with Gasteiger partial charge in [-0.1, -0.05) is 0 Å². The van der Waals surface area contributed by atoms with E-state index in [-0.39, 0.29) is 11.6 Å². The van der Waals surface area contributed by atoms with Gasteiger partial charge in [0.05, 0.1) is 8.49 Å². The standard InChI is InChI=1S/C11H14IN3O3/c1-2-13-11(16)5-6-14-8-3-4-10(15(17)18)9(12)7-8/h3-4,7,14H,2,5-6H2,1H3,(H,13,16). The van der Waals surface area contributed by atoms with Crippen LogP contribution in [0.2, 0.25) is 0 Å². The first kappa shape index (κ1) is 14.7. The number of carbonyl (C=O) groups is 1. The second-order valence-corrected chi connectivity index (χ2v) is 4.72. The SMILES string of the molecule is CCNC(=O)CCNc1ccc([N+](=O)[O-])c(I)c1. The van der Waals surface area contributed by atoms with Gasteiger partial charge in [0, 0.05) is 31.3 Å². The average Bonchev–Trinajstić information content (AvgIpc) is 2.29. The highest BCUT2D eigenvalue weighted by Gasteiger charge is 2.11. The quantitative estimate of drug-likeness (QED) is 0.461. The summed E-state index contributed by atoms with van der Waals surface area (Å²) in [5.41, 5.74) is 0.860. The van der Waals surface area contributed by atoms with E-state index in [1.165, 1.54) is 6.07 Å². The van der Waals surface area contributed by atoms with Gasteiger partial charge in [-0.3, -0.25) is 14.9 Å². The topological polar surface area (TPSA) is 84.3 Å². The van der Waals surface area contributed by atoms with Gasteiger partial charge in [-0.15, -0.1) is 0 Å². The van der Waals surface area contributed by atoms with Gasteiger partial charge in [-0.25, -0.2) is 0 Å². The van der Waals surface area contributed by atoms with Crippen molar-refractivity contribution < 1.29 is 9.72 Å². The van der Waals surface area contributed by atoms with Crippen LogP contribution in [-0.2, 0) is 4.79 Å². The Kier molecular flexibility index (Phi) is 5.83. The molecule has 0 saturated heterocycles. The molecule has 0 atom stereocenters. The Labute approximate surface area is 118 Å². The van der Waals surface area contributed by atoms with E-state index in [2.05, 4.69) is 10.6 Å². The van der Waals surface area contributed by atoms with Gasteiger partial charge in [0.2, 0.25) is 5.91 Å². The number of nitro benzene ring substituents is 1. The molecule has 6 nitrogen and oxygen atoms in total. The van der Waals surface area contributed by atoms with Gasteiger partial charge >= 0.3 is 0 Å². The smallest absolute Gasteiger partial charge is 0.282 e. The number of halogens is 1. The van der Waals surface area contributed by atoms with Crippen molar-refractivity contribution in [2.24, 2.45) is 0 Å². The van der Waals surface area contributed by atoms with Gasteiger partial charge < -0.3 is 10.6 Å². The van der Waals surface area contributed by atoms with Crippen molar-refractivity contribution in [2.75, 3.05) is 18.4 Å². The van der Waals surface area contributed by atoms with Gasteiger partial charge in [-0.2, -0.15) is 0 Å². The fourth-order valence-electron chi connectivity index (χ4n) is 1.37. The summed E-state index contributed by atoms with van der Waals surface area (Å²) in [6.07, 6.45) is 0.376. The van der Waals surface area contributed by atoms with E-state index in [4.69, 9.17) is 0 Å². The molecular weight excluding hydrogens is 349 g/mol. The lowest BCUT2D eigenvalue weighted by atomic mass is 10.2. The van der Waals surface area contributed by atoms with Crippen molar-refractivity contribution in [1.82, 2.24) is 5.32 Å². The van der Waals surface area contributed by atoms with E-state index in [1.54, 1.807) is 12.1 Å². The molecule has 0 fully saturated rings. The van der Waals surface area contributed by atoms with Crippen LogP contribution < -0.4 is 10.6 Å². The summed E-state index contributed by atoms with van der Waals surface area (Å²) in [5.74, 6) is -0.0124. The Morgan fingerprint density at radius 3 is 2.78 bits per heavy atom. The summed E-state index contributed by atoms with van der Waals surface area (Å²) in [7, 11) is 0. The average molecular weight is 363 g/mol. The maximum absolute atomic E-state index is 11.2. The minimum Gasteiger partial charge on any atom is -0.384 e. The molecule has 0 spiro atoms. The minimum absolute atomic E-state index is 0.0124. The van der Waals surface area contributed by atoms with E-state index >= 15 is 0 Å². The van der Waals surface area contributed by atoms with Gasteiger partial charge in [-0.05, 0) is 41.6 Å². The molecule has 1 rings (SSSR count). The number of carbonyl (C=O) groups excluding carboxylic acids is 1. The molecule has 0 aliphatic carbocycles. The van der Waals surface area contributed by atoms with E-state index in [9.17, 15) is 14.9 Å². The maximum atomic E-state index is 11.2. The van der Waals surface area contributed by atoms with Crippen molar-refractivity contribution >= 4 is 39.9 Å². The molecule has 1 aromatic rings. The van der Waals surface area contributed by atoms with Crippen LogP contribution in [0.25, 0.3) is 0 Å². The van der Waals surface area contributed by atoms with Crippen molar-refractivity contribution in [1.29, 1.82) is 0 Å². The van der Waals surface area contributed by atoms with Gasteiger partial charge in [0.15, 0.2) is 0 Å². The predicted molar refractivity (Wildman–Crippen MR) is 77.6 cm³/mol. The molecule has 18 heavy (non-hydrogen) atoms. The summed E-state index contributed by atoms with van der Waals surface area (Å²) < 4.78 is 0.570. The molecule has 1 amide bonds. The molecule has 0 unspecified atom stereocenters. The highest BCUT2D eigenvalue weighted by molar-refractivity contribution is 14.1. The van der Waals surface area contributed by atoms with E-state index < -0.39 is 4.92 Å². The molecule has 7 heteroatoms. The number of hydrogen-bond acceptors (Lipinski definition) is 4. The summed E-state index contributed by atoms with van der Waals surface area (Å²) in [5, 5.41) is 16.4. The first-order valence-corrected chi connectivity index (χ1v) is 6.57. The summed E-state index contributed by atoms with van der Waals surface area (Å²) in [6, 6.07) is 4.78. The molecule has 0 heterocycles. The van der Waals surface area contributed by atoms with Crippen LogP contribution in [0.15, 0.2) is 18.2 Å². The Morgan fingerprint density at radius 2 is 2.22 bits per heavy atom. The molecule has 2 N–H and O–H groups in total. The van der Waals surface area contributed by atoms with Gasteiger partial charge in [0.1, 0.15) is 0 Å². The zero-order valence-electron chi connectivity index (χ0n) is 9.90. The Morgan fingerprint density at radius 1 is 1.50 bits per heavy atom. The Bertz CT molecular complexity index is 451. The lowest BCUT2D eigenvalue weighted by Gasteiger charge is -2.07. The van der Waals surface area contributed by atoms with Crippen LogP contribution in [0.5, 0.6) is 0 Å². The molecule has 98 valence electrons. The first-order chi connectivity index (χ1) is 8.54. The van der Waals surface area contributed by atoms with Crippen LogP contribution >= 0.6 is 22.6 Å². The molecule has 0 saturated carbocycles. The van der Waals surface area contributed by atoms with Crippen LogP contribution in [0, 0.1) is 13.7 Å². The molecule has 0 aliphatic rings. The van der Waals surface area contributed by atoms with Crippen molar-refractivity contribution in [3.63, 3.8) is 0 Å². The lowest BCUT2D eigenvalue weighted by molar-refractivity contribution is -0.385. The summed E-state index contributed by atoms with van der Waals surface area (Å²) in [6.45, 7) is 2.98. The second-order valence-electron chi connectivity index (χ2n) is 3.55. The third-order valence-corrected chi connectivity index (χ3v) is 3.06. The van der Waals surface area contributed by atoms with E-state index in [0.29, 0.717) is 23.1 Å². The number of amides is 1. The minimum atomic E-state index is -0.416. The highest BCUT2D eigenvalue weighted by Crippen LogP contribution is 2.23. The predicted octanol–water partition coefficient (Wildman–Crippen LogP) is 2.14. The Hall–Kier alpha value is -1.38. The number of anilines is 1. The van der Waals surface area contributed by atoms with Crippen LogP contribution in [0.3, 0.4) is 0 Å². The highest BCUT2D eigenvalue weighted by atomic mass is 127. The van der Waals surface area contributed by atoms with Crippen LogP contribution in [-0.4, -0.2) is 23.9 Å². The fourth-order valence-corrected chi connectivity index (χ4v) is 2.08. The van der Waals surface area contributed by atoms with Crippen LogP contribution in [0.4, 0.5) is 11.4 Å². The molecule has 0 aromatic heterocycles. The van der Waals surface area contributed by atoms with Crippen molar-refractivity contribution in [2.45, 2.75) is 13.3 Å². The third kappa shape index (κ3) is 4.47. The molecule has 0 bridgehead atoms. The molecule has 1 aromatic carbocycles. The zero-order chi connectivity index (χ0) is 13.5. The summed E-state index contributed by atoms with van der Waals surface area (Å²) in [4.78, 5) is 21.4. The third-order valence-electron chi connectivity index (χ3n) is 2.20. The number of nitrogens with zero attached hydrogens (tertiary/aromatic N) is 1. The van der Waals surface area contributed by atoms with Gasteiger partial charge in [0.25, 0.3) is 5.69 Å². The van der Waals surface area contributed by atoms with E-state index in [0.717, 1.165) is 5.69 Å². The lowest BCUT2D eigenvalue weighted by Crippen LogP contribution is -2.24. The zero-order valence-corrected chi connectivity index (χ0v) is 12.1. The number of nitro groups is 1. The second kappa shape index (κ2) is 7.14. The Balaban J connectivity index is 2.51. The number of benzene rings is 1. The molecule has 0 radical (unpaired) electrons. The largest absolute Gasteiger partial charge is 0.384 e. The number of hydrogen-bond donors (Lipinski definition) is 2.